The Morgan fingerprint density at radius 2 is 2.20 bits per heavy atom. The van der Waals surface area contributed by atoms with Crippen LogP contribution in [0.15, 0.2) is 47.5 Å². The number of aliphatic imine (C=N–C) groups is 1. The topological polar surface area (TPSA) is 86.2 Å². The summed E-state index contributed by atoms with van der Waals surface area (Å²) in [6.45, 7) is 4.03. The molecule has 0 aromatic heterocycles. The third kappa shape index (κ3) is 4.75. The molecule has 1 fully saturated rings. The van der Waals surface area contributed by atoms with Crippen LogP contribution in [0.3, 0.4) is 0 Å². The molecular formula is C22H25ClN4O3. The third-order valence-electron chi connectivity index (χ3n) is 5.08. The lowest BCUT2D eigenvalue weighted by molar-refractivity contribution is -0.122. The predicted molar refractivity (Wildman–Crippen MR) is 117 cm³/mol. The molecule has 3 N–H and O–H groups in total. The molecule has 0 radical (unpaired) electrons. The number of fused-ring (bicyclic) bond motifs is 2. The van der Waals surface area contributed by atoms with Crippen molar-refractivity contribution in [1.82, 2.24) is 15.5 Å². The van der Waals surface area contributed by atoms with Crippen LogP contribution in [0.1, 0.15) is 18.9 Å². The Bertz CT molecular complexity index is 963. The van der Waals surface area contributed by atoms with Gasteiger partial charge in [-0.3, -0.25) is 4.79 Å². The fraction of sp³-hybridized carbons (Fsp3) is 0.364. The number of hydrogen-bond donors (Lipinski definition) is 3. The minimum atomic E-state index is -0.562. The quantitative estimate of drug-likeness (QED) is 0.697. The Morgan fingerprint density at radius 1 is 1.37 bits per heavy atom. The maximum absolute atomic E-state index is 12.2. The smallest absolute Gasteiger partial charge is 0.221 e. The number of piperazine rings is 1. The van der Waals surface area contributed by atoms with Crippen LogP contribution in [-0.4, -0.2) is 60.1 Å². The molecule has 0 aliphatic carbocycles. The summed E-state index contributed by atoms with van der Waals surface area (Å²) >= 11 is 6.20. The highest BCUT2D eigenvalue weighted by atomic mass is 35.5. The van der Waals surface area contributed by atoms with Gasteiger partial charge in [-0.1, -0.05) is 23.7 Å². The fourth-order valence-electron chi connectivity index (χ4n) is 3.65. The lowest BCUT2D eigenvalue weighted by Crippen LogP contribution is -2.54. The highest BCUT2D eigenvalue weighted by Crippen LogP contribution is 2.39. The number of amides is 1. The number of para-hydroxylation sites is 1. The Morgan fingerprint density at radius 3 is 3.03 bits per heavy atom. The van der Waals surface area contributed by atoms with Gasteiger partial charge in [-0.25, -0.2) is 4.99 Å². The van der Waals surface area contributed by atoms with Gasteiger partial charge in [0, 0.05) is 43.7 Å². The number of carbonyl (C=O) groups excluding carboxylic acids is 1. The molecule has 2 aliphatic rings. The van der Waals surface area contributed by atoms with Crippen LogP contribution < -0.4 is 15.4 Å². The van der Waals surface area contributed by atoms with Crippen molar-refractivity contribution < 1.29 is 14.6 Å². The average molecular weight is 429 g/mol. The molecular weight excluding hydrogens is 404 g/mol. The molecule has 2 aliphatic heterocycles. The lowest BCUT2D eigenvalue weighted by atomic mass is 10.1. The van der Waals surface area contributed by atoms with Crippen molar-refractivity contribution in [3.05, 3.63) is 53.1 Å². The molecule has 4 rings (SSSR count). The van der Waals surface area contributed by atoms with Crippen LogP contribution in [0.5, 0.6) is 11.5 Å². The van der Waals surface area contributed by atoms with Crippen LogP contribution in [0.2, 0.25) is 5.02 Å². The monoisotopic (exact) mass is 428 g/mol. The normalized spacial score (nSPS) is 19.0. The maximum atomic E-state index is 12.2. The second kappa shape index (κ2) is 9.04. The number of benzene rings is 2. The van der Waals surface area contributed by atoms with E-state index in [0.717, 1.165) is 30.2 Å². The van der Waals surface area contributed by atoms with Crippen LogP contribution in [0.4, 0.5) is 5.69 Å². The zero-order chi connectivity index (χ0) is 21.1. The molecule has 2 aromatic rings. The Labute approximate surface area is 180 Å². The van der Waals surface area contributed by atoms with Gasteiger partial charge in [0.05, 0.1) is 11.7 Å². The van der Waals surface area contributed by atoms with Crippen molar-refractivity contribution in [2.45, 2.75) is 25.5 Å². The van der Waals surface area contributed by atoms with Gasteiger partial charge in [-0.2, -0.15) is 0 Å². The van der Waals surface area contributed by atoms with Crippen molar-refractivity contribution in [3.8, 4) is 11.5 Å². The van der Waals surface area contributed by atoms with Gasteiger partial charge in [0.1, 0.15) is 17.3 Å². The number of nitrogens with one attached hydrogen (secondary N) is 2. The van der Waals surface area contributed by atoms with Crippen molar-refractivity contribution in [2.24, 2.45) is 4.99 Å². The van der Waals surface area contributed by atoms with Gasteiger partial charge >= 0.3 is 0 Å². The van der Waals surface area contributed by atoms with E-state index < -0.39 is 6.10 Å². The Kier molecular flexibility index (Phi) is 6.22. The van der Waals surface area contributed by atoms with E-state index >= 15 is 0 Å². The molecule has 0 saturated carbocycles. The molecule has 30 heavy (non-hydrogen) atoms. The summed E-state index contributed by atoms with van der Waals surface area (Å²) in [5.74, 6) is 2.12. The van der Waals surface area contributed by atoms with Gasteiger partial charge in [0.15, 0.2) is 5.75 Å². The summed E-state index contributed by atoms with van der Waals surface area (Å²) < 4.78 is 6.12. The Hall–Kier alpha value is -2.61. The van der Waals surface area contributed by atoms with E-state index in [2.05, 4.69) is 15.5 Å². The molecule has 8 heteroatoms. The second-order valence-corrected chi connectivity index (χ2v) is 8.04. The number of ether oxygens (including phenoxy) is 1. The molecule has 7 nitrogen and oxygen atoms in total. The summed E-state index contributed by atoms with van der Waals surface area (Å²) in [4.78, 5) is 19.3. The number of amidine groups is 1. The summed E-state index contributed by atoms with van der Waals surface area (Å²) in [5.41, 5.74) is 1.59. The van der Waals surface area contributed by atoms with E-state index in [9.17, 15) is 9.90 Å². The first kappa shape index (κ1) is 20.7. The van der Waals surface area contributed by atoms with Gasteiger partial charge in [-0.05, 0) is 37.3 Å². The number of aliphatic hydroxyl groups is 1. The molecule has 1 amide bonds. The van der Waals surface area contributed by atoms with E-state index in [1.54, 1.807) is 19.1 Å². The number of halogens is 1. The van der Waals surface area contributed by atoms with Crippen molar-refractivity contribution >= 4 is 29.0 Å². The van der Waals surface area contributed by atoms with Crippen LogP contribution in [0, 0.1) is 0 Å². The van der Waals surface area contributed by atoms with Gasteiger partial charge in [-0.15, -0.1) is 0 Å². The minimum absolute atomic E-state index is 0.0226. The molecule has 0 spiro atoms. The lowest BCUT2D eigenvalue weighted by Gasteiger charge is -2.35. The number of rotatable bonds is 4. The zero-order valence-electron chi connectivity index (χ0n) is 16.8. The maximum Gasteiger partial charge on any atom is 0.221 e. The van der Waals surface area contributed by atoms with E-state index in [0.29, 0.717) is 29.4 Å². The van der Waals surface area contributed by atoms with Crippen molar-refractivity contribution in [3.63, 3.8) is 0 Å². The SMILES string of the molecule is C[C@H](O)CNC(=O)C[C@@H]1CN(C2=Nc3cc(Cl)ccc3Oc3ccccc32)CCN1. The molecule has 0 bridgehead atoms. The molecule has 2 heterocycles. The number of carbonyl (C=O) groups is 1. The number of hydrogen-bond acceptors (Lipinski definition) is 6. The zero-order valence-corrected chi connectivity index (χ0v) is 17.5. The summed E-state index contributed by atoms with van der Waals surface area (Å²) in [5, 5.41) is 16.1. The van der Waals surface area contributed by atoms with Crippen LogP contribution in [-0.2, 0) is 4.79 Å². The molecule has 2 atom stereocenters. The van der Waals surface area contributed by atoms with Crippen LogP contribution in [0.25, 0.3) is 0 Å². The second-order valence-electron chi connectivity index (χ2n) is 7.60. The summed E-state index contributed by atoms with van der Waals surface area (Å²) in [6.07, 6.45) is -0.231. The third-order valence-corrected chi connectivity index (χ3v) is 5.31. The van der Waals surface area contributed by atoms with Gasteiger partial charge < -0.3 is 25.4 Å². The first-order valence-electron chi connectivity index (χ1n) is 10.1. The summed E-state index contributed by atoms with van der Waals surface area (Å²) in [7, 11) is 0. The van der Waals surface area contributed by atoms with Crippen LogP contribution >= 0.6 is 11.6 Å². The van der Waals surface area contributed by atoms with Crippen molar-refractivity contribution in [2.75, 3.05) is 26.2 Å². The predicted octanol–water partition coefficient (Wildman–Crippen LogP) is 2.68. The average Bonchev–Trinajstić information content (AvgIpc) is 2.89. The Balaban J connectivity index is 1.59. The van der Waals surface area contributed by atoms with Gasteiger partial charge in [0.2, 0.25) is 5.91 Å². The minimum Gasteiger partial charge on any atom is -0.454 e. The molecule has 158 valence electrons. The first-order valence-corrected chi connectivity index (χ1v) is 10.5. The summed E-state index contributed by atoms with van der Waals surface area (Å²) in [6, 6.07) is 13.2. The number of aliphatic hydroxyl groups excluding tert-OH is 1. The number of nitrogens with zero attached hydrogens (tertiary/aromatic N) is 2. The van der Waals surface area contributed by atoms with E-state index in [-0.39, 0.29) is 18.5 Å². The van der Waals surface area contributed by atoms with E-state index in [1.165, 1.54) is 0 Å². The largest absolute Gasteiger partial charge is 0.454 e. The standard InChI is InChI=1S/C22H25ClN4O3/c1-14(28)12-25-21(29)11-16-13-27(9-8-24-16)22-17-4-2-3-5-19(17)30-20-7-6-15(23)10-18(20)26-22/h2-7,10,14,16,24,28H,8-9,11-13H2,1H3,(H,25,29)/t14-,16+/m0/s1. The molecule has 0 unspecified atom stereocenters. The van der Waals surface area contributed by atoms with E-state index in [1.807, 2.05) is 30.3 Å². The van der Waals surface area contributed by atoms with E-state index in [4.69, 9.17) is 21.3 Å². The molecule has 1 saturated heterocycles. The fourth-order valence-corrected chi connectivity index (χ4v) is 3.82. The van der Waals surface area contributed by atoms with Crippen molar-refractivity contribution in [1.29, 1.82) is 0 Å². The first-order chi connectivity index (χ1) is 14.5. The van der Waals surface area contributed by atoms with Gasteiger partial charge in [0.25, 0.3) is 0 Å². The highest BCUT2D eigenvalue weighted by Gasteiger charge is 2.28. The highest BCUT2D eigenvalue weighted by molar-refractivity contribution is 6.31. The molecule has 2 aromatic carbocycles.